The predicted octanol–water partition coefficient (Wildman–Crippen LogP) is 3.10. The number of hydrogen-bond donors (Lipinski definition) is 1. The Morgan fingerprint density at radius 1 is 1.50 bits per heavy atom. The van der Waals surface area contributed by atoms with E-state index in [4.69, 9.17) is 0 Å². The number of nitrogens with one attached hydrogen (secondary N) is 1. The zero-order chi connectivity index (χ0) is 13.2. The zero-order valence-corrected chi connectivity index (χ0v) is 12.9. The molecule has 2 heterocycles. The van der Waals surface area contributed by atoms with E-state index in [1.807, 2.05) is 11.3 Å². The van der Waals surface area contributed by atoms with Crippen LogP contribution in [0.5, 0.6) is 0 Å². The molecule has 0 aromatic carbocycles. The Bertz CT molecular complexity index is 357. The molecule has 3 heteroatoms. The summed E-state index contributed by atoms with van der Waals surface area (Å²) in [5.41, 5.74) is 0.279. The van der Waals surface area contributed by atoms with E-state index in [9.17, 15) is 0 Å². The Labute approximate surface area is 115 Å². The van der Waals surface area contributed by atoms with Crippen LogP contribution in [0.3, 0.4) is 0 Å². The van der Waals surface area contributed by atoms with Crippen molar-refractivity contribution in [1.29, 1.82) is 0 Å². The fourth-order valence-electron chi connectivity index (χ4n) is 2.88. The molecule has 0 aliphatic carbocycles. The summed E-state index contributed by atoms with van der Waals surface area (Å²) in [6, 6.07) is 5.71. The highest BCUT2D eigenvalue weighted by Crippen LogP contribution is 2.29. The van der Waals surface area contributed by atoms with Gasteiger partial charge in [0.25, 0.3) is 0 Å². The Hall–Kier alpha value is -0.380. The summed E-state index contributed by atoms with van der Waals surface area (Å²) in [5.74, 6) is 0. The van der Waals surface area contributed by atoms with E-state index >= 15 is 0 Å². The van der Waals surface area contributed by atoms with Gasteiger partial charge in [-0.3, -0.25) is 0 Å². The second-order valence-corrected chi connectivity index (χ2v) is 7.35. The van der Waals surface area contributed by atoms with Crippen LogP contribution < -0.4 is 5.32 Å². The highest BCUT2D eigenvalue weighted by Gasteiger charge is 2.29. The van der Waals surface area contributed by atoms with Crippen molar-refractivity contribution < 1.29 is 0 Å². The van der Waals surface area contributed by atoms with Gasteiger partial charge in [-0.25, -0.2) is 0 Å². The summed E-state index contributed by atoms with van der Waals surface area (Å²) in [6.07, 6.45) is 1.29. The second-order valence-electron chi connectivity index (χ2n) is 6.40. The normalized spacial score (nSPS) is 21.9. The second kappa shape index (κ2) is 5.72. The van der Waals surface area contributed by atoms with Crippen LogP contribution in [0.15, 0.2) is 17.5 Å². The molecular formula is C15H26N2S. The monoisotopic (exact) mass is 266 g/mol. The predicted molar refractivity (Wildman–Crippen MR) is 80.5 cm³/mol. The van der Waals surface area contributed by atoms with Gasteiger partial charge in [0.1, 0.15) is 0 Å². The maximum atomic E-state index is 3.65. The summed E-state index contributed by atoms with van der Waals surface area (Å²) in [6.45, 7) is 12.8. The molecule has 1 aliphatic rings. The highest BCUT2D eigenvalue weighted by molar-refractivity contribution is 7.10. The SMILES string of the molecule is CC(C)NC1CCN(CC(C)(C)c2cccs2)C1. The van der Waals surface area contributed by atoms with Crippen LogP contribution in [-0.4, -0.2) is 36.6 Å². The molecule has 0 bridgehead atoms. The Morgan fingerprint density at radius 3 is 2.89 bits per heavy atom. The smallest absolute Gasteiger partial charge is 0.0209 e. The molecule has 18 heavy (non-hydrogen) atoms. The number of hydrogen-bond acceptors (Lipinski definition) is 3. The Balaban J connectivity index is 1.88. The van der Waals surface area contributed by atoms with Gasteiger partial charge in [-0.15, -0.1) is 11.3 Å². The third-order valence-corrected chi connectivity index (χ3v) is 4.88. The number of rotatable bonds is 5. The molecule has 102 valence electrons. The maximum absolute atomic E-state index is 3.65. The van der Waals surface area contributed by atoms with Crippen molar-refractivity contribution >= 4 is 11.3 Å². The maximum Gasteiger partial charge on any atom is 0.0209 e. The number of nitrogens with zero attached hydrogens (tertiary/aromatic N) is 1. The van der Waals surface area contributed by atoms with E-state index in [-0.39, 0.29) is 5.41 Å². The molecule has 0 spiro atoms. The van der Waals surface area contributed by atoms with Crippen molar-refractivity contribution in [2.24, 2.45) is 0 Å². The van der Waals surface area contributed by atoms with E-state index < -0.39 is 0 Å². The lowest BCUT2D eigenvalue weighted by atomic mass is 9.91. The fourth-order valence-corrected chi connectivity index (χ4v) is 3.73. The van der Waals surface area contributed by atoms with Crippen LogP contribution in [0.1, 0.15) is 39.0 Å². The third kappa shape index (κ3) is 3.56. The summed E-state index contributed by atoms with van der Waals surface area (Å²) in [5, 5.41) is 5.84. The van der Waals surface area contributed by atoms with Gasteiger partial charge in [0.05, 0.1) is 0 Å². The van der Waals surface area contributed by atoms with Gasteiger partial charge in [-0.05, 0) is 24.4 Å². The van der Waals surface area contributed by atoms with E-state index in [0.717, 1.165) is 0 Å². The first-order valence-electron chi connectivity index (χ1n) is 7.00. The lowest BCUT2D eigenvalue weighted by Crippen LogP contribution is -2.40. The molecule has 1 aromatic heterocycles. The molecular weight excluding hydrogens is 240 g/mol. The van der Waals surface area contributed by atoms with Crippen LogP contribution in [0.2, 0.25) is 0 Å². The fraction of sp³-hybridized carbons (Fsp3) is 0.733. The summed E-state index contributed by atoms with van der Waals surface area (Å²) in [4.78, 5) is 4.11. The molecule has 0 amide bonds. The van der Waals surface area contributed by atoms with Gasteiger partial charge in [0, 0.05) is 35.5 Å². The standard InChI is InChI=1S/C15H26N2S/c1-12(2)16-13-7-8-17(10-13)11-15(3,4)14-6-5-9-18-14/h5-6,9,12-13,16H,7-8,10-11H2,1-4H3. The van der Waals surface area contributed by atoms with Crippen molar-refractivity contribution in [3.63, 3.8) is 0 Å². The molecule has 1 unspecified atom stereocenters. The molecule has 1 fully saturated rings. The average molecular weight is 266 g/mol. The van der Waals surface area contributed by atoms with Crippen LogP contribution in [0, 0.1) is 0 Å². The van der Waals surface area contributed by atoms with Crippen molar-refractivity contribution in [3.05, 3.63) is 22.4 Å². The zero-order valence-electron chi connectivity index (χ0n) is 12.1. The van der Waals surface area contributed by atoms with Gasteiger partial charge in [-0.2, -0.15) is 0 Å². The first-order valence-corrected chi connectivity index (χ1v) is 7.88. The van der Waals surface area contributed by atoms with E-state index in [2.05, 4.69) is 55.4 Å². The number of thiophene rings is 1. The summed E-state index contributed by atoms with van der Waals surface area (Å²) < 4.78 is 0. The quantitative estimate of drug-likeness (QED) is 0.881. The molecule has 2 nitrogen and oxygen atoms in total. The Morgan fingerprint density at radius 2 is 2.28 bits per heavy atom. The van der Waals surface area contributed by atoms with Gasteiger partial charge in [0.15, 0.2) is 0 Å². The molecule has 1 saturated heterocycles. The lowest BCUT2D eigenvalue weighted by Gasteiger charge is -2.29. The molecule has 0 saturated carbocycles. The number of likely N-dealkylation sites (tertiary alicyclic amines) is 1. The minimum Gasteiger partial charge on any atom is -0.310 e. The third-order valence-electron chi connectivity index (χ3n) is 3.65. The van der Waals surface area contributed by atoms with Gasteiger partial charge in [0.2, 0.25) is 0 Å². The summed E-state index contributed by atoms with van der Waals surface area (Å²) >= 11 is 1.88. The van der Waals surface area contributed by atoms with Crippen molar-refractivity contribution in [3.8, 4) is 0 Å². The molecule has 2 rings (SSSR count). The molecule has 1 atom stereocenters. The highest BCUT2D eigenvalue weighted by atomic mass is 32.1. The van der Waals surface area contributed by atoms with Crippen LogP contribution in [-0.2, 0) is 5.41 Å². The minimum atomic E-state index is 0.279. The van der Waals surface area contributed by atoms with E-state index in [1.54, 1.807) is 0 Å². The van der Waals surface area contributed by atoms with Crippen LogP contribution in [0.4, 0.5) is 0 Å². The molecule has 0 radical (unpaired) electrons. The topological polar surface area (TPSA) is 15.3 Å². The van der Waals surface area contributed by atoms with E-state index in [0.29, 0.717) is 12.1 Å². The first kappa shape index (κ1) is 14.0. The van der Waals surface area contributed by atoms with Gasteiger partial charge >= 0.3 is 0 Å². The van der Waals surface area contributed by atoms with Crippen LogP contribution >= 0.6 is 11.3 Å². The average Bonchev–Trinajstić information content (AvgIpc) is 2.87. The lowest BCUT2D eigenvalue weighted by molar-refractivity contribution is 0.264. The minimum absolute atomic E-state index is 0.279. The molecule has 1 aromatic rings. The van der Waals surface area contributed by atoms with Crippen LogP contribution in [0.25, 0.3) is 0 Å². The van der Waals surface area contributed by atoms with Crippen molar-refractivity contribution in [1.82, 2.24) is 10.2 Å². The van der Waals surface area contributed by atoms with Gasteiger partial charge < -0.3 is 10.2 Å². The molecule has 1 N–H and O–H groups in total. The van der Waals surface area contributed by atoms with Gasteiger partial charge in [-0.1, -0.05) is 33.8 Å². The Kier molecular flexibility index (Phi) is 4.46. The largest absolute Gasteiger partial charge is 0.310 e. The first-order chi connectivity index (χ1) is 8.47. The summed E-state index contributed by atoms with van der Waals surface area (Å²) in [7, 11) is 0. The van der Waals surface area contributed by atoms with Crippen molar-refractivity contribution in [2.45, 2.75) is 51.6 Å². The van der Waals surface area contributed by atoms with Crippen molar-refractivity contribution in [2.75, 3.05) is 19.6 Å². The molecule has 1 aliphatic heterocycles. The van der Waals surface area contributed by atoms with E-state index in [1.165, 1.54) is 30.9 Å².